The highest BCUT2D eigenvalue weighted by molar-refractivity contribution is 7.18. The fraction of sp³-hybridized carbons (Fsp3) is 0.190. The van der Waals surface area contributed by atoms with Crippen molar-refractivity contribution in [2.75, 3.05) is 6.61 Å². The summed E-state index contributed by atoms with van der Waals surface area (Å²) >= 11 is 1.58. The van der Waals surface area contributed by atoms with E-state index in [1.165, 1.54) is 0 Å². The molecule has 6 nitrogen and oxygen atoms in total. The van der Waals surface area contributed by atoms with Crippen molar-refractivity contribution in [1.82, 2.24) is 20.3 Å². The van der Waals surface area contributed by atoms with Crippen LogP contribution in [0.2, 0.25) is 0 Å². The fourth-order valence-corrected chi connectivity index (χ4v) is 3.89. The van der Waals surface area contributed by atoms with Gasteiger partial charge < -0.3 is 15.0 Å². The normalized spacial score (nSPS) is 12.1. The molecule has 7 heteroatoms. The van der Waals surface area contributed by atoms with E-state index in [1.54, 1.807) is 23.7 Å². The number of hydrogen-bond acceptors (Lipinski definition) is 5. The number of benzene rings is 2. The Morgan fingerprint density at radius 2 is 1.96 bits per heavy atom. The molecule has 2 heterocycles. The molecule has 0 aliphatic carbocycles. The van der Waals surface area contributed by atoms with Gasteiger partial charge >= 0.3 is 0 Å². The number of nitrogens with one attached hydrogen (secondary N) is 2. The molecule has 142 valence electrons. The van der Waals surface area contributed by atoms with Gasteiger partial charge in [0.2, 0.25) is 5.91 Å². The Morgan fingerprint density at radius 1 is 1.14 bits per heavy atom. The minimum absolute atomic E-state index is 0.0165. The maximum absolute atomic E-state index is 12.4. The number of fused-ring (bicyclic) bond motifs is 1. The largest absolute Gasteiger partial charge is 0.364 e. The predicted octanol–water partition coefficient (Wildman–Crippen LogP) is 3.64. The van der Waals surface area contributed by atoms with Crippen LogP contribution in [0.5, 0.6) is 0 Å². The van der Waals surface area contributed by atoms with Crippen molar-refractivity contribution in [3.63, 3.8) is 0 Å². The molecule has 28 heavy (non-hydrogen) atoms. The summed E-state index contributed by atoms with van der Waals surface area (Å²) in [6, 6.07) is 17.6. The van der Waals surface area contributed by atoms with Gasteiger partial charge in [-0.2, -0.15) is 0 Å². The van der Waals surface area contributed by atoms with Crippen LogP contribution >= 0.6 is 11.3 Å². The van der Waals surface area contributed by atoms with Gasteiger partial charge in [0.1, 0.15) is 17.4 Å². The number of para-hydroxylation sites is 1. The van der Waals surface area contributed by atoms with Crippen LogP contribution in [0.25, 0.3) is 10.2 Å². The zero-order chi connectivity index (χ0) is 19.2. The van der Waals surface area contributed by atoms with Crippen LogP contribution in [-0.2, 0) is 22.6 Å². The molecule has 2 N–H and O–H groups in total. The number of aromatic nitrogens is 3. The second kappa shape index (κ2) is 8.77. The van der Waals surface area contributed by atoms with Gasteiger partial charge in [-0.05, 0) is 17.7 Å². The summed E-state index contributed by atoms with van der Waals surface area (Å²) in [4.78, 5) is 24.3. The van der Waals surface area contributed by atoms with Gasteiger partial charge in [-0.3, -0.25) is 4.79 Å². The summed E-state index contributed by atoms with van der Waals surface area (Å²) in [6.45, 7) is 0.304. The van der Waals surface area contributed by atoms with Crippen LogP contribution in [0.4, 0.5) is 0 Å². The van der Waals surface area contributed by atoms with E-state index in [0.717, 1.165) is 26.6 Å². The Bertz CT molecular complexity index is 998. The lowest BCUT2D eigenvalue weighted by atomic mass is 10.0. The zero-order valence-corrected chi connectivity index (χ0v) is 16.0. The van der Waals surface area contributed by atoms with E-state index in [2.05, 4.69) is 20.3 Å². The van der Waals surface area contributed by atoms with Crippen molar-refractivity contribution >= 4 is 27.5 Å². The number of hydrogen-bond donors (Lipinski definition) is 2. The Balaban J connectivity index is 1.34. The third-order valence-corrected chi connectivity index (χ3v) is 5.30. The molecule has 0 radical (unpaired) electrons. The van der Waals surface area contributed by atoms with Crippen molar-refractivity contribution in [3.8, 4) is 0 Å². The third-order valence-electron chi connectivity index (χ3n) is 4.29. The quantitative estimate of drug-likeness (QED) is 0.480. The Kier molecular flexibility index (Phi) is 5.75. The molecule has 2 aromatic carbocycles. The van der Waals surface area contributed by atoms with Gasteiger partial charge in [0, 0.05) is 18.8 Å². The fourth-order valence-electron chi connectivity index (χ4n) is 2.99. The molecular weight excluding hydrogens is 372 g/mol. The summed E-state index contributed by atoms with van der Waals surface area (Å²) in [6.07, 6.45) is 4.07. The SMILES string of the molecule is O=C(COCc1nc2ccccc2s1)N[C@@H](Cc1ncc[nH]1)c1ccccc1. The van der Waals surface area contributed by atoms with Gasteiger partial charge in [0.05, 0.1) is 22.9 Å². The molecule has 2 aromatic heterocycles. The summed E-state index contributed by atoms with van der Waals surface area (Å²) in [5.74, 6) is 0.658. The summed E-state index contributed by atoms with van der Waals surface area (Å²) < 4.78 is 6.71. The molecule has 4 rings (SSSR count). The maximum atomic E-state index is 12.4. The number of aromatic amines is 1. The van der Waals surface area contributed by atoms with Crippen molar-refractivity contribution in [2.24, 2.45) is 0 Å². The predicted molar refractivity (Wildman–Crippen MR) is 109 cm³/mol. The van der Waals surface area contributed by atoms with Crippen LogP contribution < -0.4 is 5.32 Å². The van der Waals surface area contributed by atoms with Gasteiger partial charge in [-0.1, -0.05) is 42.5 Å². The second-order valence-electron chi connectivity index (χ2n) is 6.34. The van der Waals surface area contributed by atoms with Crippen LogP contribution in [0, 0.1) is 0 Å². The van der Waals surface area contributed by atoms with E-state index in [0.29, 0.717) is 13.0 Å². The standard InChI is InChI=1S/C21H20N4O2S/c26-20(13-27-14-21-25-16-8-4-5-9-18(16)28-21)24-17(12-19-22-10-11-23-19)15-6-2-1-3-7-15/h1-11,17H,12-14H2,(H,22,23)(H,24,26)/t17-/m0/s1. The van der Waals surface area contributed by atoms with Crippen LogP contribution in [0.3, 0.4) is 0 Å². The molecule has 1 atom stereocenters. The smallest absolute Gasteiger partial charge is 0.246 e. The Morgan fingerprint density at radius 3 is 2.75 bits per heavy atom. The average molecular weight is 392 g/mol. The van der Waals surface area contributed by atoms with E-state index < -0.39 is 0 Å². The topological polar surface area (TPSA) is 79.9 Å². The van der Waals surface area contributed by atoms with E-state index >= 15 is 0 Å². The molecule has 0 fully saturated rings. The molecule has 0 saturated heterocycles. The average Bonchev–Trinajstić information content (AvgIpc) is 3.37. The monoisotopic (exact) mass is 392 g/mol. The molecule has 0 unspecified atom stereocenters. The van der Waals surface area contributed by atoms with Crippen molar-refractivity contribution in [2.45, 2.75) is 19.1 Å². The number of nitrogens with zero attached hydrogens (tertiary/aromatic N) is 2. The first-order valence-corrected chi connectivity index (χ1v) is 9.84. The van der Waals surface area contributed by atoms with E-state index in [1.807, 2.05) is 54.6 Å². The summed E-state index contributed by atoms with van der Waals surface area (Å²) in [5, 5.41) is 3.91. The maximum Gasteiger partial charge on any atom is 0.246 e. The second-order valence-corrected chi connectivity index (χ2v) is 7.45. The highest BCUT2D eigenvalue weighted by Crippen LogP contribution is 2.22. The first-order valence-electron chi connectivity index (χ1n) is 9.03. The van der Waals surface area contributed by atoms with Crippen molar-refractivity contribution < 1.29 is 9.53 Å². The first-order chi connectivity index (χ1) is 13.8. The van der Waals surface area contributed by atoms with Gasteiger partial charge in [0.15, 0.2) is 0 Å². The third kappa shape index (κ3) is 4.62. The molecule has 0 aliphatic rings. The molecule has 0 spiro atoms. The van der Waals surface area contributed by atoms with Crippen molar-refractivity contribution in [3.05, 3.63) is 83.4 Å². The van der Waals surface area contributed by atoms with Crippen LogP contribution in [0.1, 0.15) is 22.4 Å². The van der Waals surface area contributed by atoms with E-state index in [9.17, 15) is 4.79 Å². The minimum atomic E-state index is -0.175. The lowest BCUT2D eigenvalue weighted by Crippen LogP contribution is -2.33. The molecule has 1 amide bonds. The molecule has 4 aromatic rings. The first kappa shape index (κ1) is 18.3. The minimum Gasteiger partial charge on any atom is -0.364 e. The van der Waals surface area contributed by atoms with Crippen LogP contribution in [0.15, 0.2) is 67.0 Å². The van der Waals surface area contributed by atoms with Gasteiger partial charge in [-0.15, -0.1) is 11.3 Å². The number of carbonyl (C=O) groups excluding carboxylic acids is 1. The number of rotatable bonds is 8. The molecular formula is C21H20N4O2S. The molecule has 0 aliphatic heterocycles. The van der Waals surface area contributed by atoms with E-state index in [4.69, 9.17) is 4.74 Å². The summed E-state index contributed by atoms with van der Waals surface area (Å²) in [7, 11) is 0. The Hall–Kier alpha value is -3.03. The Labute approximate surface area is 166 Å². The van der Waals surface area contributed by atoms with E-state index in [-0.39, 0.29) is 18.6 Å². The molecule has 0 bridgehead atoms. The van der Waals surface area contributed by atoms with Crippen molar-refractivity contribution in [1.29, 1.82) is 0 Å². The number of ether oxygens (including phenoxy) is 1. The molecule has 0 saturated carbocycles. The lowest BCUT2D eigenvalue weighted by Gasteiger charge is -2.18. The number of thiazole rings is 1. The number of imidazole rings is 1. The van der Waals surface area contributed by atoms with Gasteiger partial charge in [-0.25, -0.2) is 9.97 Å². The number of amides is 1. The van der Waals surface area contributed by atoms with Crippen LogP contribution in [-0.4, -0.2) is 27.5 Å². The number of carbonyl (C=O) groups is 1. The number of H-pyrrole nitrogens is 1. The highest BCUT2D eigenvalue weighted by Gasteiger charge is 2.16. The highest BCUT2D eigenvalue weighted by atomic mass is 32.1. The lowest BCUT2D eigenvalue weighted by molar-refractivity contribution is -0.126. The zero-order valence-electron chi connectivity index (χ0n) is 15.2. The summed E-state index contributed by atoms with van der Waals surface area (Å²) in [5.41, 5.74) is 1.98. The van der Waals surface area contributed by atoms with Gasteiger partial charge in [0.25, 0.3) is 0 Å².